The number of ether oxygens (including phenoxy) is 1. The molecule has 2 N–H and O–H groups in total. The highest BCUT2D eigenvalue weighted by molar-refractivity contribution is 9.10. The second-order valence-corrected chi connectivity index (χ2v) is 5.20. The van der Waals surface area contributed by atoms with Gasteiger partial charge < -0.3 is 10.5 Å². The summed E-state index contributed by atoms with van der Waals surface area (Å²) in [6.07, 6.45) is 0. The predicted octanol–water partition coefficient (Wildman–Crippen LogP) is 3.95. The molecule has 0 aromatic heterocycles. The Morgan fingerprint density at radius 1 is 1.30 bits per heavy atom. The zero-order chi connectivity index (χ0) is 14.7. The maximum atomic E-state index is 13.1. The number of anilines is 1. The molecule has 0 aliphatic carbocycles. The van der Waals surface area contributed by atoms with Crippen LogP contribution >= 0.6 is 15.9 Å². The third-order valence-electron chi connectivity index (χ3n) is 2.76. The molecule has 104 valence electrons. The van der Waals surface area contributed by atoms with E-state index in [1.807, 2.05) is 0 Å². The molecule has 0 saturated carbocycles. The first-order valence-electron chi connectivity index (χ1n) is 5.94. The van der Waals surface area contributed by atoms with Crippen LogP contribution in [-0.2, 0) is 6.61 Å². The Morgan fingerprint density at radius 2 is 2.05 bits per heavy atom. The fraction of sp³-hybridized carbons (Fsp3) is 0.133. The summed E-state index contributed by atoms with van der Waals surface area (Å²) in [5.41, 5.74) is 7.39. The Bertz CT molecular complexity index is 658. The number of Topliss-reactive ketones (excluding diaryl/α,β-unsaturated/α-hetero) is 1. The van der Waals surface area contributed by atoms with Crippen molar-refractivity contribution in [1.29, 1.82) is 0 Å². The minimum absolute atomic E-state index is 0.118. The third-order valence-corrected chi connectivity index (χ3v) is 3.37. The van der Waals surface area contributed by atoms with Gasteiger partial charge in [0.05, 0.1) is 10.0 Å². The van der Waals surface area contributed by atoms with E-state index < -0.39 is 0 Å². The number of carbonyl (C=O) groups is 1. The molecule has 0 fully saturated rings. The summed E-state index contributed by atoms with van der Waals surface area (Å²) in [5, 5.41) is 0. The Balaban J connectivity index is 2.18. The molecule has 0 bridgehead atoms. The highest BCUT2D eigenvalue weighted by Gasteiger charge is 2.09. The first kappa shape index (κ1) is 14.5. The van der Waals surface area contributed by atoms with Crippen molar-refractivity contribution < 1.29 is 13.9 Å². The maximum absolute atomic E-state index is 13.1. The van der Waals surface area contributed by atoms with Crippen molar-refractivity contribution in [1.82, 2.24) is 0 Å². The Morgan fingerprint density at radius 3 is 2.70 bits per heavy atom. The van der Waals surface area contributed by atoms with E-state index in [1.54, 1.807) is 30.3 Å². The molecule has 0 radical (unpaired) electrons. The smallest absolute Gasteiger partial charge is 0.163 e. The third kappa shape index (κ3) is 3.36. The molecule has 0 spiro atoms. The molecular weight excluding hydrogens is 325 g/mol. The van der Waals surface area contributed by atoms with Crippen LogP contribution in [0.3, 0.4) is 0 Å². The summed E-state index contributed by atoms with van der Waals surface area (Å²) in [6.45, 7) is 1.69. The molecular formula is C15H13BrFNO2. The van der Waals surface area contributed by atoms with Gasteiger partial charge in [0, 0.05) is 5.69 Å². The van der Waals surface area contributed by atoms with E-state index >= 15 is 0 Å². The Kier molecular flexibility index (Phi) is 4.39. The fourth-order valence-corrected chi connectivity index (χ4v) is 2.17. The van der Waals surface area contributed by atoms with Crippen molar-refractivity contribution in [3.05, 3.63) is 57.8 Å². The summed E-state index contributed by atoms with van der Waals surface area (Å²) in [7, 11) is 0. The summed E-state index contributed by atoms with van der Waals surface area (Å²) in [5.74, 6) is 0.0189. The molecule has 0 heterocycles. The van der Waals surface area contributed by atoms with Crippen LogP contribution in [0.25, 0.3) is 0 Å². The molecule has 0 saturated heterocycles. The normalized spacial score (nSPS) is 10.3. The van der Waals surface area contributed by atoms with Gasteiger partial charge in [0.1, 0.15) is 18.2 Å². The highest BCUT2D eigenvalue weighted by atomic mass is 79.9. The van der Waals surface area contributed by atoms with Gasteiger partial charge in [-0.05, 0) is 58.7 Å². The quantitative estimate of drug-likeness (QED) is 0.678. The minimum Gasteiger partial charge on any atom is -0.488 e. The minimum atomic E-state index is -0.328. The van der Waals surface area contributed by atoms with Crippen molar-refractivity contribution in [3.8, 4) is 5.75 Å². The summed E-state index contributed by atoms with van der Waals surface area (Å²) in [6, 6.07) is 9.54. The lowest BCUT2D eigenvalue weighted by molar-refractivity contribution is 0.101. The van der Waals surface area contributed by atoms with Gasteiger partial charge in [-0.15, -0.1) is 0 Å². The summed E-state index contributed by atoms with van der Waals surface area (Å²) < 4.78 is 19.1. The number of benzene rings is 2. The number of nitrogen functional groups attached to an aromatic ring is 1. The van der Waals surface area contributed by atoms with E-state index in [1.165, 1.54) is 13.0 Å². The number of carbonyl (C=O) groups excluding carboxylic acids is 1. The molecule has 2 aromatic carbocycles. The fourth-order valence-electron chi connectivity index (χ4n) is 1.74. The van der Waals surface area contributed by atoms with Crippen molar-refractivity contribution >= 4 is 27.4 Å². The second kappa shape index (κ2) is 6.05. The second-order valence-electron chi connectivity index (χ2n) is 4.35. The van der Waals surface area contributed by atoms with Crippen LogP contribution in [0.15, 0.2) is 40.9 Å². The topological polar surface area (TPSA) is 52.3 Å². The first-order chi connectivity index (χ1) is 9.47. The van der Waals surface area contributed by atoms with E-state index in [4.69, 9.17) is 10.5 Å². The van der Waals surface area contributed by atoms with Crippen molar-refractivity contribution in [3.63, 3.8) is 0 Å². The van der Waals surface area contributed by atoms with Crippen LogP contribution in [0.4, 0.5) is 10.1 Å². The van der Waals surface area contributed by atoms with Gasteiger partial charge in [0.25, 0.3) is 0 Å². The number of nitrogens with two attached hydrogens (primary N) is 1. The molecule has 0 unspecified atom stereocenters. The van der Waals surface area contributed by atoms with E-state index in [0.29, 0.717) is 21.5 Å². The predicted molar refractivity (Wildman–Crippen MR) is 79.3 cm³/mol. The first-order valence-corrected chi connectivity index (χ1v) is 6.74. The zero-order valence-corrected chi connectivity index (χ0v) is 12.4. The Hall–Kier alpha value is -1.88. The number of halogens is 2. The molecule has 2 aromatic rings. The van der Waals surface area contributed by atoms with Gasteiger partial charge in [0.15, 0.2) is 5.78 Å². The molecule has 0 amide bonds. The largest absolute Gasteiger partial charge is 0.488 e. The highest BCUT2D eigenvalue weighted by Crippen LogP contribution is 2.24. The average molecular weight is 338 g/mol. The molecule has 5 heteroatoms. The SMILES string of the molecule is CC(=O)c1cc(N)ccc1OCc1ccc(F)c(Br)c1. The van der Waals surface area contributed by atoms with Crippen LogP contribution in [-0.4, -0.2) is 5.78 Å². The van der Waals surface area contributed by atoms with Crippen LogP contribution in [0.1, 0.15) is 22.8 Å². The maximum Gasteiger partial charge on any atom is 0.163 e. The van der Waals surface area contributed by atoms with Gasteiger partial charge >= 0.3 is 0 Å². The number of ketones is 1. The molecule has 20 heavy (non-hydrogen) atoms. The van der Waals surface area contributed by atoms with Crippen molar-refractivity contribution in [2.75, 3.05) is 5.73 Å². The van der Waals surface area contributed by atoms with Gasteiger partial charge in [-0.2, -0.15) is 0 Å². The number of rotatable bonds is 4. The lowest BCUT2D eigenvalue weighted by Gasteiger charge is -2.11. The monoisotopic (exact) mass is 337 g/mol. The molecule has 2 rings (SSSR count). The van der Waals surface area contributed by atoms with Crippen LogP contribution in [0.2, 0.25) is 0 Å². The van der Waals surface area contributed by atoms with E-state index in [0.717, 1.165) is 5.56 Å². The van der Waals surface area contributed by atoms with Crippen molar-refractivity contribution in [2.45, 2.75) is 13.5 Å². The standard InChI is InChI=1S/C15H13BrFNO2/c1-9(19)12-7-11(18)3-5-15(12)20-8-10-2-4-14(17)13(16)6-10/h2-7H,8,18H2,1H3. The number of hydrogen-bond acceptors (Lipinski definition) is 3. The van der Waals surface area contributed by atoms with Crippen LogP contribution in [0, 0.1) is 5.82 Å². The van der Waals surface area contributed by atoms with E-state index in [2.05, 4.69) is 15.9 Å². The molecule has 0 aliphatic rings. The Labute approximate surface area is 124 Å². The van der Waals surface area contributed by atoms with Crippen molar-refractivity contribution in [2.24, 2.45) is 0 Å². The zero-order valence-electron chi connectivity index (χ0n) is 10.8. The molecule has 0 atom stereocenters. The lowest BCUT2D eigenvalue weighted by Crippen LogP contribution is -2.03. The van der Waals surface area contributed by atoms with Crippen LogP contribution in [0.5, 0.6) is 5.75 Å². The van der Waals surface area contributed by atoms with Crippen LogP contribution < -0.4 is 10.5 Å². The van der Waals surface area contributed by atoms with Gasteiger partial charge in [-0.25, -0.2) is 4.39 Å². The summed E-state index contributed by atoms with van der Waals surface area (Å²) in [4.78, 5) is 11.5. The summed E-state index contributed by atoms with van der Waals surface area (Å²) >= 11 is 3.12. The van der Waals surface area contributed by atoms with Gasteiger partial charge in [-0.1, -0.05) is 6.07 Å². The van der Waals surface area contributed by atoms with Gasteiger partial charge in [0.2, 0.25) is 0 Å². The molecule has 0 aliphatic heterocycles. The average Bonchev–Trinajstić information content (AvgIpc) is 2.41. The van der Waals surface area contributed by atoms with Gasteiger partial charge in [-0.3, -0.25) is 4.79 Å². The van der Waals surface area contributed by atoms with E-state index in [9.17, 15) is 9.18 Å². The lowest BCUT2D eigenvalue weighted by atomic mass is 10.1. The van der Waals surface area contributed by atoms with E-state index in [-0.39, 0.29) is 18.2 Å². The molecule has 3 nitrogen and oxygen atoms in total. The number of hydrogen-bond donors (Lipinski definition) is 1.